The molecule has 1 fully saturated rings. The van der Waals surface area contributed by atoms with Gasteiger partial charge in [0.05, 0.1) is 24.6 Å². The van der Waals surface area contributed by atoms with Gasteiger partial charge in [0.15, 0.2) is 10.8 Å². The summed E-state index contributed by atoms with van der Waals surface area (Å²) in [5.74, 6) is 0.956. The van der Waals surface area contributed by atoms with E-state index in [1.807, 2.05) is 24.3 Å². The van der Waals surface area contributed by atoms with E-state index in [2.05, 4.69) is 15.0 Å². The number of piperazine rings is 1. The van der Waals surface area contributed by atoms with Gasteiger partial charge >= 0.3 is 0 Å². The number of carbonyl (C=O) groups excluding carboxylic acids is 1. The van der Waals surface area contributed by atoms with Crippen LogP contribution in [0.3, 0.4) is 0 Å². The number of methoxy groups -OCH3 is 1. The van der Waals surface area contributed by atoms with Crippen molar-refractivity contribution in [2.75, 3.05) is 33.3 Å². The molecule has 0 aliphatic carbocycles. The van der Waals surface area contributed by atoms with Crippen molar-refractivity contribution in [3.05, 3.63) is 70.5 Å². The summed E-state index contributed by atoms with van der Waals surface area (Å²) in [5.41, 5.74) is 1.30. The first-order valence-electron chi connectivity index (χ1n) is 10.2. The van der Waals surface area contributed by atoms with Crippen molar-refractivity contribution >= 4 is 22.2 Å². The summed E-state index contributed by atoms with van der Waals surface area (Å²) in [4.78, 5) is 34.3. The molecule has 0 bridgehead atoms. The number of carbonyl (C=O) groups is 1. The average molecular weight is 452 g/mol. The summed E-state index contributed by atoms with van der Waals surface area (Å²) in [6.07, 6.45) is 1.50. The smallest absolute Gasteiger partial charge is 0.289 e. The van der Waals surface area contributed by atoms with E-state index in [-0.39, 0.29) is 11.5 Å². The lowest BCUT2D eigenvalue weighted by Gasteiger charge is -2.34. The second-order valence-corrected chi connectivity index (χ2v) is 8.39. The highest BCUT2D eigenvalue weighted by Gasteiger charge is 2.24. The van der Waals surface area contributed by atoms with Crippen LogP contribution in [0.25, 0.3) is 15.5 Å². The summed E-state index contributed by atoms with van der Waals surface area (Å²) >= 11 is 1.35. The van der Waals surface area contributed by atoms with Gasteiger partial charge in [-0.1, -0.05) is 23.5 Å². The lowest BCUT2D eigenvalue weighted by molar-refractivity contribution is 0.0596. The van der Waals surface area contributed by atoms with Crippen LogP contribution in [0.1, 0.15) is 16.2 Å². The summed E-state index contributed by atoms with van der Waals surface area (Å²) in [5, 5.41) is 5.12. The number of benzene rings is 1. The molecule has 9 nitrogen and oxygen atoms in total. The van der Waals surface area contributed by atoms with E-state index >= 15 is 0 Å². The van der Waals surface area contributed by atoms with Crippen molar-refractivity contribution in [2.24, 2.45) is 0 Å². The predicted octanol–water partition coefficient (Wildman–Crippen LogP) is 2.38. The monoisotopic (exact) mass is 451 g/mol. The summed E-state index contributed by atoms with van der Waals surface area (Å²) < 4.78 is 12.0. The van der Waals surface area contributed by atoms with E-state index in [1.54, 1.807) is 24.1 Å². The number of aromatic nitrogens is 3. The van der Waals surface area contributed by atoms with Gasteiger partial charge in [-0.15, -0.1) is 0 Å². The van der Waals surface area contributed by atoms with Crippen LogP contribution in [0.5, 0.6) is 5.75 Å². The largest absolute Gasteiger partial charge is 0.496 e. The fraction of sp³-hybridized carbons (Fsp3) is 0.273. The van der Waals surface area contributed by atoms with E-state index in [4.69, 9.17) is 9.15 Å². The first kappa shape index (κ1) is 20.4. The van der Waals surface area contributed by atoms with Crippen LogP contribution < -0.4 is 10.3 Å². The number of fused-ring (bicyclic) bond motifs is 1. The molecule has 10 heteroatoms. The first-order chi connectivity index (χ1) is 15.6. The zero-order valence-corrected chi connectivity index (χ0v) is 18.2. The highest BCUT2D eigenvalue weighted by atomic mass is 32.1. The Kier molecular flexibility index (Phi) is 5.46. The Hall–Kier alpha value is -3.50. The second kappa shape index (κ2) is 8.56. The molecule has 1 aliphatic heterocycles. The maximum absolute atomic E-state index is 12.7. The quantitative estimate of drug-likeness (QED) is 0.460. The van der Waals surface area contributed by atoms with Gasteiger partial charge in [-0.3, -0.25) is 14.5 Å². The third-order valence-corrected chi connectivity index (χ3v) is 6.35. The molecule has 32 heavy (non-hydrogen) atoms. The Labute approximate surface area is 187 Å². The van der Waals surface area contributed by atoms with Crippen molar-refractivity contribution in [1.82, 2.24) is 24.4 Å². The molecule has 5 rings (SSSR count). The fourth-order valence-corrected chi connectivity index (χ4v) is 4.72. The van der Waals surface area contributed by atoms with Gasteiger partial charge in [-0.05, 0) is 24.3 Å². The number of furan rings is 1. The molecule has 0 radical (unpaired) electrons. The molecule has 0 unspecified atom stereocenters. The molecule has 0 saturated carbocycles. The van der Waals surface area contributed by atoms with Crippen LogP contribution >= 0.6 is 11.3 Å². The van der Waals surface area contributed by atoms with Crippen LogP contribution in [-0.4, -0.2) is 63.6 Å². The average Bonchev–Trinajstić information content (AvgIpc) is 3.50. The minimum atomic E-state index is -0.214. The minimum absolute atomic E-state index is 0.0963. The van der Waals surface area contributed by atoms with Gasteiger partial charge in [0.1, 0.15) is 5.75 Å². The molecule has 1 saturated heterocycles. The van der Waals surface area contributed by atoms with Gasteiger partial charge in [0.2, 0.25) is 4.96 Å². The molecule has 1 aromatic carbocycles. The molecule has 3 aromatic heterocycles. The minimum Gasteiger partial charge on any atom is -0.496 e. The SMILES string of the molecule is COc1ccccc1-c1nn2c(=O)cc(CN3CCN(C(=O)c4ccco4)CC3)nc2s1. The number of amides is 1. The Bertz CT molecular complexity index is 1310. The molecule has 4 heterocycles. The molecule has 1 amide bonds. The Morgan fingerprint density at radius 2 is 1.97 bits per heavy atom. The maximum Gasteiger partial charge on any atom is 0.289 e. The molecule has 4 aromatic rings. The van der Waals surface area contributed by atoms with Crippen molar-refractivity contribution in [1.29, 1.82) is 0 Å². The van der Waals surface area contributed by atoms with E-state index in [9.17, 15) is 9.59 Å². The van der Waals surface area contributed by atoms with Gasteiger partial charge in [-0.25, -0.2) is 4.98 Å². The lowest BCUT2D eigenvalue weighted by atomic mass is 10.2. The first-order valence-corrected chi connectivity index (χ1v) is 11.0. The van der Waals surface area contributed by atoms with Gasteiger partial charge < -0.3 is 14.1 Å². The molecule has 0 atom stereocenters. The van der Waals surface area contributed by atoms with Crippen molar-refractivity contribution < 1.29 is 13.9 Å². The zero-order chi connectivity index (χ0) is 22.1. The molecule has 0 spiro atoms. The lowest BCUT2D eigenvalue weighted by Crippen LogP contribution is -2.48. The third-order valence-electron chi connectivity index (χ3n) is 5.41. The summed E-state index contributed by atoms with van der Waals surface area (Å²) in [6, 6.07) is 12.5. The third kappa shape index (κ3) is 3.90. The second-order valence-electron chi connectivity index (χ2n) is 7.43. The number of ether oxygens (including phenoxy) is 1. The van der Waals surface area contributed by atoms with Crippen molar-refractivity contribution in [2.45, 2.75) is 6.54 Å². The van der Waals surface area contributed by atoms with Crippen LogP contribution in [0, 0.1) is 0 Å². The fourth-order valence-electron chi connectivity index (χ4n) is 3.76. The number of rotatable bonds is 5. The highest BCUT2D eigenvalue weighted by molar-refractivity contribution is 7.19. The standard InChI is InChI=1S/C22H21N5O4S/c1-30-17-6-3-2-5-16(17)20-24-27-19(28)13-15(23-22(27)32-20)14-25-8-10-26(11-9-25)21(29)18-7-4-12-31-18/h2-7,12-13H,8-11,14H2,1H3. The molecular weight excluding hydrogens is 430 g/mol. The van der Waals surface area contributed by atoms with Crippen LogP contribution in [-0.2, 0) is 6.54 Å². The number of nitrogens with zero attached hydrogens (tertiary/aromatic N) is 5. The van der Waals surface area contributed by atoms with Gasteiger partial charge in [0, 0.05) is 38.8 Å². The molecule has 0 N–H and O–H groups in total. The normalized spacial score (nSPS) is 14.7. The van der Waals surface area contributed by atoms with Crippen LogP contribution in [0.15, 0.2) is 57.9 Å². The topological polar surface area (TPSA) is 93.2 Å². The Balaban J connectivity index is 1.31. The van der Waals surface area contributed by atoms with E-state index in [0.717, 1.165) is 5.56 Å². The zero-order valence-electron chi connectivity index (χ0n) is 17.4. The highest BCUT2D eigenvalue weighted by Crippen LogP contribution is 2.32. The van der Waals surface area contributed by atoms with Crippen molar-refractivity contribution in [3.8, 4) is 16.3 Å². The summed E-state index contributed by atoms with van der Waals surface area (Å²) in [7, 11) is 1.61. The molecule has 1 aliphatic rings. The van der Waals surface area contributed by atoms with Crippen molar-refractivity contribution in [3.63, 3.8) is 0 Å². The molecular formula is C22H21N5O4S. The number of hydrogen-bond donors (Lipinski definition) is 0. The van der Waals surface area contributed by atoms with E-state index in [0.29, 0.717) is 59.9 Å². The number of para-hydroxylation sites is 1. The Morgan fingerprint density at radius 1 is 1.16 bits per heavy atom. The molecule has 164 valence electrons. The summed E-state index contributed by atoms with van der Waals surface area (Å²) in [6.45, 7) is 3.13. The number of hydrogen-bond acceptors (Lipinski definition) is 8. The van der Waals surface area contributed by atoms with E-state index in [1.165, 1.54) is 28.2 Å². The van der Waals surface area contributed by atoms with E-state index < -0.39 is 0 Å². The maximum atomic E-state index is 12.7. The van der Waals surface area contributed by atoms with Gasteiger partial charge in [-0.2, -0.15) is 9.61 Å². The van der Waals surface area contributed by atoms with Crippen LogP contribution in [0.2, 0.25) is 0 Å². The van der Waals surface area contributed by atoms with Crippen LogP contribution in [0.4, 0.5) is 0 Å². The van der Waals surface area contributed by atoms with Gasteiger partial charge in [0.25, 0.3) is 11.5 Å². The Morgan fingerprint density at radius 3 is 2.72 bits per heavy atom. The predicted molar refractivity (Wildman–Crippen MR) is 119 cm³/mol.